The number of H-pyrrole nitrogens is 1. The van der Waals surface area contributed by atoms with Crippen LogP contribution in [0.2, 0.25) is 0 Å². The molecule has 4 rings (SSSR count). The Labute approximate surface area is 187 Å². The highest BCUT2D eigenvalue weighted by Gasteiger charge is 2.42. The molecule has 0 atom stereocenters. The van der Waals surface area contributed by atoms with Crippen molar-refractivity contribution in [2.75, 3.05) is 6.61 Å². The number of aromatic nitrogens is 2. The zero-order valence-corrected chi connectivity index (χ0v) is 17.9. The van der Waals surface area contributed by atoms with Gasteiger partial charge in [0.05, 0.1) is 17.7 Å². The second-order valence-electron chi connectivity index (χ2n) is 7.65. The molecule has 0 fully saturated rings. The molecule has 0 unspecified atom stereocenters. The van der Waals surface area contributed by atoms with Gasteiger partial charge >= 0.3 is 5.97 Å². The Balaban J connectivity index is 1.94. The normalized spacial score (nSPS) is 11.3. The third-order valence-corrected chi connectivity index (χ3v) is 5.60. The lowest BCUT2D eigenvalue weighted by atomic mass is 9.66. The SMILES string of the molecule is CC(=O)OCCCc1[nH]c(F)nc1C(c1ccccc1)(c1ccccc1)c1ccccc1. The Morgan fingerprint density at radius 2 is 1.34 bits per heavy atom. The molecular formula is C27H25FN2O2. The molecule has 0 bridgehead atoms. The molecule has 0 aliphatic carbocycles. The van der Waals surface area contributed by atoms with Crippen molar-refractivity contribution in [3.8, 4) is 0 Å². The van der Waals surface area contributed by atoms with Crippen molar-refractivity contribution in [1.29, 1.82) is 0 Å². The smallest absolute Gasteiger partial charge is 0.302 e. The van der Waals surface area contributed by atoms with E-state index < -0.39 is 11.5 Å². The van der Waals surface area contributed by atoms with E-state index in [1.54, 1.807) is 0 Å². The van der Waals surface area contributed by atoms with Gasteiger partial charge in [0.25, 0.3) is 6.08 Å². The summed E-state index contributed by atoms with van der Waals surface area (Å²) in [4.78, 5) is 18.4. The molecule has 0 aliphatic heterocycles. The second-order valence-corrected chi connectivity index (χ2v) is 7.65. The number of carbonyl (C=O) groups is 1. The summed E-state index contributed by atoms with van der Waals surface area (Å²) in [6.07, 6.45) is 0.422. The number of rotatable bonds is 8. The van der Waals surface area contributed by atoms with Crippen LogP contribution < -0.4 is 0 Å². The molecule has 3 aromatic carbocycles. The molecule has 4 nitrogen and oxygen atoms in total. The fourth-order valence-corrected chi connectivity index (χ4v) is 4.31. The van der Waals surface area contributed by atoms with E-state index >= 15 is 0 Å². The Kier molecular flexibility index (Phi) is 6.45. The molecule has 0 radical (unpaired) electrons. The number of nitrogens with zero attached hydrogens (tertiary/aromatic N) is 1. The van der Waals surface area contributed by atoms with Crippen LogP contribution >= 0.6 is 0 Å². The maximum Gasteiger partial charge on any atom is 0.302 e. The van der Waals surface area contributed by atoms with E-state index in [1.807, 2.05) is 54.6 Å². The number of aromatic amines is 1. The number of ether oxygens (including phenoxy) is 1. The number of aryl methyl sites for hydroxylation is 1. The van der Waals surface area contributed by atoms with Gasteiger partial charge in [0.2, 0.25) is 0 Å². The molecule has 5 heteroatoms. The third-order valence-electron chi connectivity index (χ3n) is 5.60. The highest BCUT2D eigenvalue weighted by Crippen LogP contribution is 2.45. The number of nitrogens with one attached hydrogen (secondary N) is 1. The van der Waals surface area contributed by atoms with Crippen LogP contribution in [0.5, 0.6) is 0 Å². The van der Waals surface area contributed by atoms with Gasteiger partial charge in [0.1, 0.15) is 0 Å². The maximum atomic E-state index is 14.7. The topological polar surface area (TPSA) is 55.0 Å². The monoisotopic (exact) mass is 428 g/mol. The van der Waals surface area contributed by atoms with Crippen molar-refractivity contribution in [3.63, 3.8) is 0 Å². The largest absolute Gasteiger partial charge is 0.466 e. The minimum absolute atomic E-state index is 0.268. The van der Waals surface area contributed by atoms with Crippen molar-refractivity contribution >= 4 is 5.97 Å². The van der Waals surface area contributed by atoms with Crippen LogP contribution in [0.3, 0.4) is 0 Å². The zero-order valence-electron chi connectivity index (χ0n) is 17.9. The summed E-state index contributed by atoms with van der Waals surface area (Å²) in [5, 5.41) is 0. The van der Waals surface area contributed by atoms with Gasteiger partial charge in [-0.05, 0) is 29.5 Å². The standard InChI is InChI=1S/C27H25FN2O2/c1-20(31)32-19-11-18-24-25(30-26(28)29-24)27(21-12-5-2-6-13-21,22-14-7-3-8-15-22)23-16-9-4-10-17-23/h2-10,12-17H,11,18-19H2,1H3,(H,29,30). The lowest BCUT2D eigenvalue weighted by Gasteiger charge is -2.35. The van der Waals surface area contributed by atoms with Gasteiger partial charge in [0, 0.05) is 12.6 Å². The van der Waals surface area contributed by atoms with Gasteiger partial charge in [-0.15, -0.1) is 0 Å². The van der Waals surface area contributed by atoms with Crippen molar-refractivity contribution < 1.29 is 13.9 Å². The molecule has 162 valence electrons. The van der Waals surface area contributed by atoms with Crippen LogP contribution in [0.25, 0.3) is 0 Å². The lowest BCUT2D eigenvalue weighted by molar-refractivity contribution is -0.141. The van der Waals surface area contributed by atoms with E-state index in [0.717, 1.165) is 16.7 Å². The van der Waals surface area contributed by atoms with Gasteiger partial charge in [-0.3, -0.25) is 4.79 Å². The molecule has 1 N–H and O–H groups in total. The summed E-state index contributed by atoms with van der Waals surface area (Å²) in [5.74, 6) is -0.326. The molecule has 1 aromatic heterocycles. The highest BCUT2D eigenvalue weighted by molar-refractivity contribution is 5.65. The lowest BCUT2D eigenvalue weighted by Crippen LogP contribution is -2.32. The van der Waals surface area contributed by atoms with Crippen LogP contribution in [0, 0.1) is 6.08 Å². The number of hydrogen-bond donors (Lipinski definition) is 1. The van der Waals surface area contributed by atoms with E-state index in [1.165, 1.54) is 6.92 Å². The Morgan fingerprint density at radius 1 is 0.875 bits per heavy atom. The summed E-state index contributed by atoms with van der Waals surface area (Å²) in [6.45, 7) is 1.65. The molecule has 0 saturated heterocycles. The number of esters is 1. The third kappa shape index (κ3) is 4.19. The van der Waals surface area contributed by atoms with Crippen LogP contribution in [0.4, 0.5) is 4.39 Å². The fraction of sp³-hybridized carbons (Fsp3) is 0.185. The summed E-state index contributed by atoms with van der Waals surface area (Å²) in [5.41, 5.74) is 3.45. The van der Waals surface area contributed by atoms with Gasteiger partial charge in [-0.1, -0.05) is 91.0 Å². The van der Waals surface area contributed by atoms with Crippen molar-refractivity contribution in [2.24, 2.45) is 0 Å². The number of imidazole rings is 1. The second kappa shape index (κ2) is 9.60. The first kappa shape index (κ1) is 21.5. The van der Waals surface area contributed by atoms with Gasteiger partial charge in [0.15, 0.2) is 0 Å². The first-order chi connectivity index (χ1) is 15.6. The Hall–Kier alpha value is -3.73. The van der Waals surface area contributed by atoms with Gasteiger partial charge in [-0.25, -0.2) is 4.98 Å². The first-order valence-electron chi connectivity index (χ1n) is 10.7. The summed E-state index contributed by atoms with van der Waals surface area (Å²) in [7, 11) is 0. The predicted molar refractivity (Wildman–Crippen MR) is 122 cm³/mol. The zero-order chi connectivity index (χ0) is 22.4. The minimum atomic E-state index is -0.818. The maximum absolute atomic E-state index is 14.7. The molecule has 1 heterocycles. The van der Waals surface area contributed by atoms with E-state index in [-0.39, 0.29) is 12.6 Å². The summed E-state index contributed by atoms with van der Waals surface area (Å²) in [6, 6.07) is 30.1. The molecular weight excluding hydrogens is 403 g/mol. The number of benzene rings is 3. The summed E-state index contributed by atoms with van der Waals surface area (Å²) < 4.78 is 19.7. The van der Waals surface area contributed by atoms with Crippen molar-refractivity contribution in [3.05, 3.63) is 125 Å². The predicted octanol–water partition coefficient (Wildman–Crippen LogP) is 5.43. The number of carbonyl (C=O) groups excluding carboxylic acids is 1. The van der Waals surface area contributed by atoms with Crippen LogP contribution in [-0.2, 0) is 21.4 Å². The van der Waals surface area contributed by atoms with E-state index in [4.69, 9.17) is 4.74 Å². The van der Waals surface area contributed by atoms with Crippen molar-refractivity contribution in [2.45, 2.75) is 25.2 Å². The number of halogens is 1. The van der Waals surface area contributed by atoms with Crippen molar-refractivity contribution in [1.82, 2.24) is 9.97 Å². The van der Waals surface area contributed by atoms with E-state index in [0.29, 0.717) is 24.2 Å². The number of hydrogen-bond acceptors (Lipinski definition) is 3. The quantitative estimate of drug-likeness (QED) is 0.231. The Morgan fingerprint density at radius 3 is 1.78 bits per heavy atom. The first-order valence-corrected chi connectivity index (χ1v) is 10.7. The van der Waals surface area contributed by atoms with Crippen LogP contribution in [0.1, 0.15) is 41.4 Å². The van der Waals surface area contributed by atoms with Gasteiger partial charge in [-0.2, -0.15) is 4.39 Å². The van der Waals surface area contributed by atoms with E-state index in [9.17, 15) is 9.18 Å². The minimum Gasteiger partial charge on any atom is -0.466 e. The van der Waals surface area contributed by atoms with E-state index in [2.05, 4.69) is 46.4 Å². The van der Waals surface area contributed by atoms with Gasteiger partial charge < -0.3 is 9.72 Å². The average molecular weight is 429 g/mol. The molecule has 0 amide bonds. The molecule has 0 spiro atoms. The molecule has 0 saturated carbocycles. The highest BCUT2D eigenvalue weighted by atomic mass is 19.1. The Bertz CT molecular complexity index is 1060. The van der Waals surface area contributed by atoms with Crippen LogP contribution in [0.15, 0.2) is 91.0 Å². The van der Waals surface area contributed by atoms with Crippen LogP contribution in [-0.4, -0.2) is 22.5 Å². The molecule has 4 aromatic rings. The fourth-order valence-electron chi connectivity index (χ4n) is 4.31. The molecule has 32 heavy (non-hydrogen) atoms. The molecule has 0 aliphatic rings. The summed E-state index contributed by atoms with van der Waals surface area (Å²) >= 11 is 0. The average Bonchev–Trinajstić information content (AvgIpc) is 3.20.